The van der Waals surface area contributed by atoms with Crippen LogP contribution in [0, 0.1) is 6.92 Å². The third-order valence-electron chi connectivity index (χ3n) is 4.01. The molecule has 3 heterocycles. The molecular weight excluding hydrogens is 274 g/mol. The van der Waals surface area contributed by atoms with Crippen LogP contribution < -0.4 is 4.90 Å². The van der Waals surface area contributed by atoms with Crippen molar-refractivity contribution in [3.05, 3.63) is 65.7 Å². The van der Waals surface area contributed by atoms with Gasteiger partial charge in [0.25, 0.3) is 0 Å². The molecule has 3 aromatic rings. The van der Waals surface area contributed by atoms with Gasteiger partial charge in [-0.15, -0.1) is 0 Å². The van der Waals surface area contributed by atoms with Crippen molar-refractivity contribution in [1.82, 2.24) is 9.97 Å². The third kappa shape index (κ3) is 2.37. The van der Waals surface area contributed by atoms with E-state index in [0.29, 0.717) is 5.89 Å². The highest BCUT2D eigenvalue weighted by Gasteiger charge is 2.23. The molecule has 4 nitrogen and oxygen atoms in total. The quantitative estimate of drug-likeness (QED) is 0.723. The van der Waals surface area contributed by atoms with Crippen LogP contribution in [0.2, 0.25) is 0 Å². The summed E-state index contributed by atoms with van der Waals surface area (Å²) in [5.74, 6) is 1.61. The second-order valence-corrected chi connectivity index (χ2v) is 5.61. The predicted octanol–water partition coefficient (Wildman–Crippen LogP) is 3.61. The molecule has 0 saturated heterocycles. The minimum atomic E-state index is 0.622. The van der Waals surface area contributed by atoms with E-state index in [1.165, 1.54) is 11.3 Å². The van der Waals surface area contributed by atoms with Crippen molar-refractivity contribution in [2.75, 3.05) is 11.4 Å². The van der Waals surface area contributed by atoms with E-state index in [4.69, 9.17) is 4.42 Å². The summed E-state index contributed by atoms with van der Waals surface area (Å²) in [6.45, 7) is 3.84. The van der Waals surface area contributed by atoms with Crippen molar-refractivity contribution in [2.24, 2.45) is 0 Å². The van der Waals surface area contributed by atoms with Crippen molar-refractivity contribution < 1.29 is 4.42 Å². The molecule has 0 spiro atoms. The summed E-state index contributed by atoms with van der Waals surface area (Å²) in [4.78, 5) is 11.3. The Labute approximate surface area is 129 Å². The van der Waals surface area contributed by atoms with Gasteiger partial charge >= 0.3 is 0 Å². The first-order valence-electron chi connectivity index (χ1n) is 7.51. The summed E-state index contributed by atoms with van der Waals surface area (Å²) in [5.41, 5.74) is 4.32. The first kappa shape index (κ1) is 13.1. The molecule has 4 rings (SSSR count). The number of aromatic nitrogens is 2. The van der Waals surface area contributed by atoms with Gasteiger partial charge in [-0.3, -0.25) is 4.98 Å². The lowest BCUT2D eigenvalue weighted by atomic mass is 10.1. The van der Waals surface area contributed by atoms with Crippen LogP contribution in [0.5, 0.6) is 0 Å². The van der Waals surface area contributed by atoms with Crippen molar-refractivity contribution in [3.8, 4) is 11.6 Å². The Balaban J connectivity index is 1.61. The average Bonchev–Trinajstić information content (AvgIpc) is 2.99. The summed E-state index contributed by atoms with van der Waals surface area (Å²) in [6.07, 6.45) is 2.64. The molecule has 0 fully saturated rings. The Kier molecular flexibility index (Phi) is 3.15. The molecule has 2 aromatic heterocycles. The number of pyridine rings is 1. The zero-order chi connectivity index (χ0) is 14.9. The van der Waals surface area contributed by atoms with Crippen LogP contribution in [0.25, 0.3) is 11.6 Å². The molecule has 0 saturated carbocycles. The lowest BCUT2D eigenvalue weighted by Crippen LogP contribution is -2.29. The van der Waals surface area contributed by atoms with Crippen LogP contribution in [0.3, 0.4) is 0 Å². The predicted molar refractivity (Wildman–Crippen MR) is 85.7 cm³/mol. The highest BCUT2D eigenvalue weighted by atomic mass is 16.4. The second-order valence-electron chi connectivity index (χ2n) is 5.61. The Morgan fingerprint density at radius 2 is 1.95 bits per heavy atom. The molecule has 0 aliphatic carbocycles. The standard InChI is InChI=1S/C18H17N3O/c1-13-5-7-14(8-6-13)21-11-9-17-16(12-21)20-18(22-17)15-4-2-3-10-19-15/h2-8,10H,9,11-12H2,1H3. The lowest BCUT2D eigenvalue weighted by molar-refractivity contribution is 0.498. The molecule has 0 amide bonds. The second kappa shape index (κ2) is 5.30. The van der Waals surface area contributed by atoms with Crippen LogP contribution in [0.4, 0.5) is 5.69 Å². The van der Waals surface area contributed by atoms with Crippen LogP contribution >= 0.6 is 0 Å². The van der Waals surface area contributed by atoms with E-state index >= 15 is 0 Å². The van der Waals surface area contributed by atoms with E-state index in [1.807, 2.05) is 18.2 Å². The maximum atomic E-state index is 5.90. The zero-order valence-electron chi connectivity index (χ0n) is 12.5. The smallest absolute Gasteiger partial charge is 0.245 e. The Morgan fingerprint density at radius 1 is 1.09 bits per heavy atom. The molecule has 110 valence electrons. The number of aryl methyl sites for hydroxylation is 1. The van der Waals surface area contributed by atoms with Gasteiger partial charge in [-0.2, -0.15) is 0 Å². The van der Waals surface area contributed by atoms with Gasteiger partial charge < -0.3 is 9.32 Å². The third-order valence-corrected chi connectivity index (χ3v) is 4.01. The van der Waals surface area contributed by atoms with E-state index in [2.05, 4.69) is 46.1 Å². The summed E-state index contributed by atoms with van der Waals surface area (Å²) in [7, 11) is 0. The van der Waals surface area contributed by atoms with E-state index in [-0.39, 0.29) is 0 Å². The molecule has 0 N–H and O–H groups in total. The van der Waals surface area contributed by atoms with Gasteiger partial charge in [0, 0.05) is 24.8 Å². The molecule has 1 aliphatic rings. The van der Waals surface area contributed by atoms with Crippen molar-refractivity contribution in [3.63, 3.8) is 0 Å². The number of anilines is 1. The average molecular weight is 291 g/mol. The van der Waals surface area contributed by atoms with E-state index in [9.17, 15) is 0 Å². The van der Waals surface area contributed by atoms with Gasteiger partial charge in [-0.1, -0.05) is 23.8 Å². The largest absolute Gasteiger partial charge is 0.439 e. The number of hydrogen-bond donors (Lipinski definition) is 0. The van der Waals surface area contributed by atoms with Gasteiger partial charge in [0.05, 0.1) is 6.54 Å². The number of nitrogens with zero attached hydrogens (tertiary/aromatic N) is 3. The molecule has 0 radical (unpaired) electrons. The molecule has 4 heteroatoms. The molecule has 1 aliphatic heterocycles. The fourth-order valence-corrected chi connectivity index (χ4v) is 2.77. The maximum absolute atomic E-state index is 5.90. The molecular formula is C18H17N3O. The highest BCUT2D eigenvalue weighted by molar-refractivity contribution is 5.51. The van der Waals surface area contributed by atoms with Crippen molar-refractivity contribution >= 4 is 5.69 Å². The molecule has 1 aromatic carbocycles. The minimum Gasteiger partial charge on any atom is -0.439 e. The Morgan fingerprint density at radius 3 is 2.73 bits per heavy atom. The van der Waals surface area contributed by atoms with Gasteiger partial charge in [0.15, 0.2) is 0 Å². The van der Waals surface area contributed by atoms with Crippen LogP contribution in [0.15, 0.2) is 53.1 Å². The van der Waals surface area contributed by atoms with Gasteiger partial charge in [0.2, 0.25) is 5.89 Å². The van der Waals surface area contributed by atoms with Gasteiger partial charge in [-0.25, -0.2) is 4.98 Å². The minimum absolute atomic E-state index is 0.622. The summed E-state index contributed by atoms with van der Waals surface area (Å²) in [5, 5.41) is 0. The topological polar surface area (TPSA) is 42.2 Å². The van der Waals surface area contributed by atoms with Gasteiger partial charge in [-0.05, 0) is 31.2 Å². The molecule has 22 heavy (non-hydrogen) atoms. The van der Waals surface area contributed by atoms with Crippen LogP contribution in [0.1, 0.15) is 17.0 Å². The van der Waals surface area contributed by atoms with Crippen molar-refractivity contribution in [1.29, 1.82) is 0 Å². The van der Waals surface area contributed by atoms with Crippen LogP contribution in [-0.2, 0) is 13.0 Å². The number of oxazole rings is 1. The number of rotatable bonds is 2. The number of hydrogen-bond acceptors (Lipinski definition) is 4. The summed E-state index contributed by atoms with van der Waals surface area (Å²) < 4.78 is 5.90. The lowest BCUT2D eigenvalue weighted by Gasteiger charge is -2.27. The van der Waals surface area contributed by atoms with E-state index < -0.39 is 0 Å². The molecule has 0 unspecified atom stereocenters. The molecule has 0 bridgehead atoms. The SMILES string of the molecule is Cc1ccc(N2CCc3oc(-c4ccccn4)nc3C2)cc1. The summed E-state index contributed by atoms with van der Waals surface area (Å²) in [6, 6.07) is 14.4. The van der Waals surface area contributed by atoms with Gasteiger partial charge in [0.1, 0.15) is 17.1 Å². The van der Waals surface area contributed by atoms with E-state index in [1.54, 1.807) is 6.20 Å². The first-order valence-corrected chi connectivity index (χ1v) is 7.51. The fraction of sp³-hybridized carbons (Fsp3) is 0.222. The number of benzene rings is 1. The summed E-state index contributed by atoms with van der Waals surface area (Å²) >= 11 is 0. The number of fused-ring (bicyclic) bond motifs is 1. The monoisotopic (exact) mass is 291 g/mol. The van der Waals surface area contributed by atoms with Crippen LogP contribution in [-0.4, -0.2) is 16.5 Å². The highest BCUT2D eigenvalue weighted by Crippen LogP contribution is 2.27. The Bertz CT molecular complexity index is 778. The first-order chi connectivity index (χ1) is 10.8. The van der Waals surface area contributed by atoms with E-state index in [0.717, 1.165) is 36.7 Å². The normalized spacial score (nSPS) is 14.0. The molecule has 0 atom stereocenters. The van der Waals surface area contributed by atoms with Crippen molar-refractivity contribution in [2.45, 2.75) is 19.9 Å². The fourth-order valence-electron chi connectivity index (χ4n) is 2.77. The zero-order valence-corrected chi connectivity index (χ0v) is 12.5. The Hall–Kier alpha value is -2.62. The maximum Gasteiger partial charge on any atom is 0.245 e.